The number of anilines is 1. The van der Waals surface area contributed by atoms with Crippen molar-refractivity contribution in [1.29, 1.82) is 0 Å². The molecule has 6 N–H and O–H groups in total. The molecule has 2 aromatic heterocycles. The summed E-state index contributed by atoms with van der Waals surface area (Å²) in [7, 11) is 0. The predicted molar refractivity (Wildman–Crippen MR) is 61.9 cm³/mol. The summed E-state index contributed by atoms with van der Waals surface area (Å²) in [5, 5.41) is 8.70. The van der Waals surface area contributed by atoms with Gasteiger partial charge in [0.15, 0.2) is 0 Å². The minimum absolute atomic E-state index is 0.120. The summed E-state index contributed by atoms with van der Waals surface area (Å²) >= 11 is 0. The van der Waals surface area contributed by atoms with Crippen LogP contribution in [0.25, 0.3) is 0 Å². The van der Waals surface area contributed by atoms with Crippen molar-refractivity contribution in [2.75, 3.05) is 5.73 Å². The van der Waals surface area contributed by atoms with Crippen LogP contribution in [0.15, 0.2) is 21.9 Å². The Kier molecular flexibility index (Phi) is 2.96. The maximum Gasteiger partial charge on any atom is 0.326 e. The zero-order chi connectivity index (χ0) is 13.1. The molecule has 2 heterocycles. The Balaban J connectivity index is 2.11. The van der Waals surface area contributed by atoms with E-state index in [2.05, 4.69) is 20.5 Å². The van der Waals surface area contributed by atoms with E-state index in [0.717, 1.165) is 6.07 Å². The molecule has 0 aliphatic heterocycles. The number of aromatic nitrogens is 4. The van der Waals surface area contributed by atoms with Gasteiger partial charge in [0.1, 0.15) is 11.5 Å². The van der Waals surface area contributed by atoms with Crippen LogP contribution in [0.2, 0.25) is 0 Å². The molecule has 9 nitrogen and oxygen atoms in total. The second-order valence-corrected chi connectivity index (χ2v) is 3.49. The highest BCUT2D eigenvalue weighted by molar-refractivity contribution is 5.92. The summed E-state index contributed by atoms with van der Waals surface area (Å²) in [6.45, 7) is 0.135. The van der Waals surface area contributed by atoms with Crippen molar-refractivity contribution >= 4 is 11.7 Å². The van der Waals surface area contributed by atoms with Crippen LogP contribution >= 0.6 is 0 Å². The number of hydrogen-bond donors (Lipinski definition) is 5. The monoisotopic (exact) mass is 250 g/mol. The van der Waals surface area contributed by atoms with E-state index in [9.17, 15) is 14.4 Å². The SMILES string of the molecule is Nc1[nH]ncc1CNC(=O)c1cc(=O)[nH]c(=O)[nH]1. The molecule has 0 saturated carbocycles. The van der Waals surface area contributed by atoms with Gasteiger partial charge < -0.3 is 16.0 Å². The van der Waals surface area contributed by atoms with E-state index >= 15 is 0 Å². The van der Waals surface area contributed by atoms with Crippen LogP contribution in [0.4, 0.5) is 5.82 Å². The molecule has 2 rings (SSSR count). The number of nitrogen functional groups attached to an aromatic ring is 1. The van der Waals surface area contributed by atoms with Crippen molar-refractivity contribution < 1.29 is 4.79 Å². The van der Waals surface area contributed by atoms with Crippen molar-refractivity contribution in [3.63, 3.8) is 0 Å². The first kappa shape index (κ1) is 11.6. The number of rotatable bonds is 3. The van der Waals surface area contributed by atoms with Crippen LogP contribution in [0, 0.1) is 0 Å². The van der Waals surface area contributed by atoms with Gasteiger partial charge in [-0.1, -0.05) is 0 Å². The number of carbonyl (C=O) groups excluding carboxylic acids is 1. The molecule has 0 aromatic carbocycles. The van der Waals surface area contributed by atoms with Gasteiger partial charge in [-0.2, -0.15) is 5.10 Å². The Morgan fingerprint density at radius 3 is 2.78 bits per heavy atom. The molecule has 0 aliphatic rings. The van der Waals surface area contributed by atoms with Gasteiger partial charge >= 0.3 is 5.69 Å². The number of nitrogens with zero attached hydrogens (tertiary/aromatic N) is 1. The summed E-state index contributed by atoms with van der Waals surface area (Å²) in [5.41, 5.74) is 4.63. The zero-order valence-corrected chi connectivity index (χ0v) is 9.11. The highest BCUT2D eigenvalue weighted by Crippen LogP contribution is 2.04. The van der Waals surface area contributed by atoms with Crippen molar-refractivity contribution in [2.24, 2.45) is 0 Å². The Morgan fingerprint density at radius 1 is 1.39 bits per heavy atom. The fourth-order valence-electron chi connectivity index (χ4n) is 1.32. The highest BCUT2D eigenvalue weighted by Gasteiger charge is 2.09. The molecule has 94 valence electrons. The van der Waals surface area contributed by atoms with Crippen molar-refractivity contribution in [3.05, 3.63) is 44.4 Å². The molecular weight excluding hydrogens is 240 g/mol. The summed E-state index contributed by atoms with van der Waals surface area (Å²) in [6.07, 6.45) is 1.47. The summed E-state index contributed by atoms with van der Waals surface area (Å²) in [5.74, 6) is -0.242. The van der Waals surface area contributed by atoms with Crippen LogP contribution < -0.4 is 22.3 Å². The van der Waals surface area contributed by atoms with Crippen LogP contribution in [-0.4, -0.2) is 26.1 Å². The Bertz CT molecular complexity index is 654. The van der Waals surface area contributed by atoms with E-state index in [0.29, 0.717) is 11.4 Å². The van der Waals surface area contributed by atoms with Crippen LogP contribution in [-0.2, 0) is 6.54 Å². The highest BCUT2D eigenvalue weighted by atomic mass is 16.2. The zero-order valence-electron chi connectivity index (χ0n) is 9.11. The van der Waals surface area contributed by atoms with Gasteiger partial charge in [0.25, 0.3) is 11.5 Å². The smallest absolute Gasteiger partial charge is 0.326 e. The fraction of sp³-hybridized carbons (Fsp3) is 0.111. The second-order valence-electron chi connectivity index (χ2n) is 3.49. The van der Waals surface area contributed by atoms with E-state index in [4.69, 9.17) is 5.73 Å². The minimum atomic E-state index is -0.740. The maximum atomic E-state index is 11.7. The van der Waals surface area contributed by atoms with E-state index < -0.39 is 17.2 Å². The van der Waals surface area contributed by atoms with Gasteiger partial charge in [-0.05, 0) is 0 Å². The lowest BCUT2D eigenvalue weighted by Gasteiger charge is -2.03. The lowest BCUT2D eigenvalue weighted by molar-refractivity contribution is 0.0945. The second kappa shape index (κ2) is 4.57. The first-order chi connectivity index (χ1) is 8.56. The van der Waals surface area contributed by atoms with Crippen LogP contribution in [0.5, 0.6) is 0 Å². The number of carbonyl (C=O) groups is 1. The quantitative estimate of drug-likeness (QED) is 0.440. The van der Waals surface area contributed by atoms with Gasteiger partial charge in [-0.25, -0.2) is 4.79 Å². The standard InChI is InChI=1S/C9H10N6O3/c10-7-4(3-12-15-7)2-11-8(17)5-1-6(16)14-9(18)13-5/h1,3H,2H2,(H,11,17)(H3,10,12,15)(H2,13,14,16,18). The predicted octanol–water partition coefficient (Wildman–Crippen LogP) is -1.70. The summed E-state index contributed by atoms with van der Waals surface area (Å²) < 4.78 is 0. The molecule has 2 aromatic rings. The lowest BCUT2D eigenvalue weighted by atomic mass is 10.3. The number of nitrogens with two attached hydrogens (primary N) is 1. The molecule has 9 heteroatoms. The molecule has 18 heavy (non-hydrogen) atoms. The largest absolute Gasteiger partial charge is 0.384 e. The number of aromatic amines is 3. The third-order valence-corrected chi connectivity index (χ3v) is 2.20. The molecule has 0 atom stereocenters. The van der Waals surface area contributed by atoms with Gasteiger partial charge in [-0.3, -0.25) is 19.7 Å². The Labute approximate surface area is 99.4 Å². The molecule has 1 amide bonds. The molecule has 0 saturated heterocycles. The van der Waals surface area contributed by atoms with E-state index in [1.165, 1.54) is 6.20 Å². The molecule has 0 radical (unpaired) electrons. The molecule has 0 bridgehead atoms. The third kappa shape index (κ3) is 2.45. The first-order valence-corrected chi connectivity index (χ1v) is 4.96. The molecule has 0 spiro atoms. The number of H-pyrrole nitrogens is 3. The van der Waals surface area contributed by atoms with E-state index in [1.54, 1.807) is 0 Å². The number of hydrogen-bond acceptors (Lipinski definition) is 5. The van der Waals surface area contributed by atoms with E-state index in [-0.39, 0.29) is 12.2 Å². The van der Waals surface area contributed by atoms with Gasteiger partial charge in [0.2, 0.25) is 0 Å². The maximum absolute atomic E-state index is 11.7. The van der Waals surface area contributed by atoms with Crippen LogP contribution in [0.3, 0.4) is 0 Å². The van der Waals surface area contributed by atoms with E-state index in [1.807, 2.05) is 4.98 Å². The normalized spacial score (nSPS) is 10.2. The van der Waals surface area contributed by atoms with Crippen molar-refractivity contribution in [3.8, 4) is 0 Å². The molecule has 0 unspecified atom stereocenters. The summed E-state index contributed by atoms with van der Waals surface area (Å²) in [6, 6.07) is 0.995. The molecular formula is C9H10N6O3. The van der Waals surface area contributed by atoms with Gasteiger partial charge in [0, 0.05) is 18.2 Å². The lowest BCUT2D eigenvalue weighted by Crippen LogP contribution is -2.30. The number of amides is 1. The Morgan fingerprint density at radius 2 is 2.17 bits per heavy atom. The van der Waals surface area contributed by atoms with Crippen molar-refractivity contribution in [2.45, 2.75) is 6.54 Å². The minimum Gasteiger partial charge on any atom is -0.384 e. The Hall–Kier alpha value is -2.84. The number of nitrogens with one attached hydrogen (secondary N) is 4. The average molecular weight is 250 g/mol. The summed E-state index contributed by atoms with van der Waals surface area (Å²) in [4.78, 5) is 37.8. The van der Waals surface area contributed by atoms with Crippen LogP contribution in [0.1, 0.15) is 16.1 Å². The van der Waals surface area contributed by atoms with Gasteiger partial charge in [0.05, 0.1) is 6.20 Å². The topological polar surface area (TPSA) is 150 Å². The molecule has 0 fully saturated rings. The fourth-order valence-corrected chi connectivity index (χ4v) is 1.32. The van der Waals surface area contributed by atoms with Crippen molar-refractivity contribution in [1.82, 2.24) is 25.5 Å². The third-order valence-electron chi connectivity index (χ3n) is 2.20. The van der Waals surface area contributed by atoms with Gasteiger partial charge in [-0.15, -0.1) is 0 Å². The molecule has 0 aliphatic carbocycles. The first-order valence-electron chi connectivity index (χ1n) is 4.96. The average Bonchev–Trinajstić information content (AvgIpc) is 2.70.